The number of carbonyl (C=O) groups excluding carboxylic acids is 1. The van der Waals surface area contributed by atoms with Gasteiger partial charge >= 0.3 is 0 Å². The van der Waals surface area contributed by atoms with Crippen molar-refractivity contribution < 1.29 is 13.9 Å². The van der Waals surface area contributed by atoms with Crippen LogP contribution in [-0.4, -0.2) is 36.1 Å². The highest BCUT2D eigenvalue weighted by Crippen LogP contribution is 2.30. The molecule has 126 valence electrons. The summed E-state index contributed by atoms with van der Waals surface area (Å²) < 4.78 is 10.3. The molecule has 2 N–H and O–H groups in total. The number of aromatic nitrogens is 1. The highest BCUT2D eigenvalue weighted by Gasteiger charge is 2.39. The molecule has 1 aromatic carbocycles. The Morgan fingerprint density at radius 3 is 2.83 bits per heavy atom. The molecule has 2 aromatic rings. The number of methoxy groups -OCH3 is 1. The van der Waals surface area contributed by atoms with Gasteiger partial charge < -0.3 is 19.8 Å². The Kier molecular flexibility index (Phi) is 4.20. The molecule has 0 radical (unpaired) electrons. The average Bonchev–Trinajstić information content (AvgIpc) is 3.32. The van der Waals surface area contributed by atoms with E-state index in [1.54, 1.807) is 7.11 Å². The van der Waals surface area contributed by atoms with Gasteiger partial charge in [0.25, 0.3) is 17.0 Å². The van der Waals surface area contributed by atoms with Crippen LogP contribution in [0.1, 0.15) is 29.6 Å². The van der Waals surface area contributed by atoms with Gasteiger partial charge in [-0.2, -0.15) is 4.98 Å². The highest BCUT2D eigenvalue weighted by atomic mass is 32.2. The number of ether oxygens (including phenoxy) is 1. The predicted octanol–water partition coefficient (Wildman–Crippen LogP) is 2.46. The van der Waals surface area contributed by atoms with Crippen molar-refractivity contribution in [1.29, 1.82) is 0 Å². The first-order valence-electron chi connectivity index (χ1n) is 8.05. The lowest BCUT2D eigenvalue weighted by Gasteiger charge is -2.21. The maximum absolute atomic E-state index is 12.4. The van der Waals surface area contributed by atoms with Gasteiger partial charge in [0.2, 0.25) is 0 Å². The molecular weight excluding hydrogens is 326 g/mol. The monoisotopic (exact) mass is 345 g/mol. The molecule has 0 spiro atoms. The second-order valence-electron chi connectivity index (χ2n) is 6.15. The first-order valence-corrected chi connectivity index (χ1v) is 8.87. The normalized spacial score (nSPS) is 25.0. The molecule has 2 aliphatic rings. The van der Waals surface area contributed by atoms with E-state index in [2.05, 4.69) is 15.6 Å². The lowest BCUT2D eigenvalue weighted by atomic mass is 9.95. The van der Waals surface area contributed by atoms with Gasteiger partial charge in [-0.1, -0.05) is 0 Å². The number of oxazole rings is 1. The first-order chi connectivity index (χ1) is 11.7. The summed E-state index contributed by atoms with van der Waals surface area (Å²) in [4.78, 5) is 17.5. The third-order valence-corrected chi connectivity index (χ3v) is 5.48. The van der Waals surface area contributed by atoms with Crippen LogP contribution in [0.4, 0.5) is 0 Å². The van der Waals surface area contributed by atoms with Gasteiger partial charge in [-0.25, -0.2) is 0 Å². The van der Waals surface area contributed by atoms with E-state index < -0.39 is 0 Å². The van der Waals surface area contributed by atoms with Gasteiger partial charge in [0, 0.05) is 28.6 Å². The maximum Gasteiger partial charge on any atom is 0.263 e. The van der Waals surface area contributed by atoms with E-state index in [0.717, 1.165) is 17.7 Å². The van der Waals surface area contributed by atoms with Crippen molar-refractivity contribution >= 4 is 17.7 Å². The van der Waals surface area contributed by atoms with Crippen LogP contribution < -0.4 is 15.4 Å². The summed E-state index contributed by atoms with van der Waals surface area (Å²) in [6.07, 6.45) is 4.89. The Bertz CT molecular complexity index is 731. The molecule has 2 aliphatic heterocycles. The maximum atomic E-state index is 12.4. The van der Waals surface area contributed by atoms with E-state index >= 15 is 0 Å². The summed E-state index contributed by atoms with van der Waals surface area (Å²) >= 11 is 1.39. The fourth-order valence-electron chi connectivity index (χ4n) is 3.39. The van der Waals surface area contributed by atoms with Gasteiger partial charge in [0.05, 0.1) is 7.11 Å². The molecule has 1 amide bonds. The van der Waals surface area contributed by atoms with Crippen LogP contribution in [-0.2, 0) is 0 Å². The molecule has 3 unspecified atom stereocenters. The molecule has 0 saturated carbocycles. The number of amides is 1. The van der Waals surface area contributed by atoms with E-state index in [1.165, 1.54) is 24.4 Å². The van der Waals surface area contributed by atoms with Crippen LogP contribution in [0.15, 0.2) is 45.1 Å². The number of rotatable bonds is 5. The summed E-state index contributed by atoms with van der Waals surface area (Å²) in [5.74, 6) is 0.441. The molecule has 3 atom stereocenters. The van der Waals surface area contributed by atoms with E-state index in [4.69, 9.17) is 9.15 Å². The number of nitrogens with one attached hydrogen (secondary N) is 2. The van der Waals surface area contributed by atoms with Crippen molar-refractivity contribution in [3.63, 3.8) is 0 Å². The van der Waals surface area contributed by atoms with Crippen LogP contribution in [0.2, 0.25) is 0 Å². The van der Waals surface area contributed by atoms with Crippen LogP contribution in [0.5, 0.6) is 5.88 Å². The van der Waals surface area contributed by atoms with E-state index in [0.29, 0.717) is 28.7 Å². The van der Waals surface area contributed by atoms with E-state index in [9.17, 15) is 4.79 Å². The molecule has 2 saturated heterocycles. The SMILES string of the molecule is COc1coc(Sc2ccc(C(=O)NC3CC4CCC3N4)cc2)n1. The molecule has 0 aliphatic carbocycles. The summed E-state index contributed by atoms with van der Waals surface area (Å²) in [5.41, 5.74) is 0.673. The molecular formula is C17H19N3O3S. The molecule has 24 heavy (non-hydrogen) atoms. The third-order valence-electron chi connectivity index (χ3n) is 4.61. The standard InChI is InChI=1S/C17H19N3O3S/c1-22-15-9-23-17(20-15)24-12-5-2-10(3-6-12)16(21)19-14-8-11-4-7-13(14)18-11/h2-3,5-6,9,11,13-14,18H,4,7-8H2,1H3,(H,19,21). The molecule has 2 bridgehead atoms. The lowest BCUT2D eigenvalue weighted by molar-refractivity contribution is 0.0931. The van der Waals surface area contributed by atoms with Gasteiger partial charge in [-0.3, -0.25) is 4.79 Å². The summed E-state index contributed by atoms with van der Waals surface area (Å²) in [5, 5.41) is 7.19. The largest absolute Gasteiger partial charge is 0.479 e. The molecule has 3 heterocycles. The Hall–Kier alpha value is -1.99. The van der Waals surface area contributed by atoms with Crippen molar-refractivity contribution in [3.8, 4) is 5.88 Å². The summed E-state index contributed by atoms with van der Waals surface area (Å²) in [6.45, 7) is 0. The second-order valence-corrected chi connectivity index (χ2v) is 7.17. The summed E-state index contributed by atoms with van der Waals surface area (Å²) in [6, 6.07) is 8.73. The smallest absolute Gasteiger partial charge is 0.263 e. The molecule has 1 aromatic heterocycles. The number of hydrogen-bond donors (Lipinski definition) is 2. The minimum absolute atomic E-state index is 0.0105. The highest BCUT2D eigenvalue weighted by molar-refractivity contribution is 7.99. The number of fused-ring (bicyclic) bond motifs is 2. The predicted molar refractivity (Wildman–Crippen MR) is 89.4 cm³/mol. The lowest BCUT2D eigenvalue weighted by Crippen LogP contribution is -2.42. The van der Waals surface area contributed by atoms with Crippen molar-refractivity contribution in [1.82, 2.24) is 15.6 Å². The van der Waals surface area contributed by atoms with Crippen LogP contribution >= 0.6 is 11.8 Å². The molecule has 7 heteroatoms. The number of benzene rings is 1. The number of hydrogen-bond acceptors (Lipinski definition) is 6. The van der Waals surface area contributed by atoms with E-state index in [1.807, 2.05) is 24.3 Å². The summed E-state index contributed by atoms with van der Waals surface area (Å²) in [7, 11) is 1.55. The van der Waals surface area contributed by atoms with Gasteiger partial charge in [-0.05, 0) is 55.3 Å². The minimum atomic E-state index is -0.0105. The quantitative estimate of drug-likeness (QED) is 0.867. The fourth-order valence-corrected chi connectivity index (χ4v) is 4.10. The Morgan fingerprint density at radius 1 is 1.38 bits per heavy atom. The zero-order valence-electron chi connectivity index (χ0n) is 13.3. The van der Waals surface area contributed by atoms with Crippen LogP contribution in [0.25, 0.3) is 0 Å². The van der Waals surface area contributed by atoms with Crippen molar-refractivity contribution in [2.24, 2.45) is 0 Å². The topological polar surface area (TPSA) is 76.4 Å². The van der Waals surface area contributed by atoms with Gasteiger partial charge in [0.15, 0.2) is 6.26 Å². The average molecular weight is 345 g/mol. The third kappa shape index (κ3) is 3.14. The van der Waals surface area contributed by atoms with Gasteiger partial charge in [-0.15, -0.1) is 0 Å². The first kappa shape index (κ1) is 15.5. The molecule has 2 fully saturated rings. The number of carbonyl (C=O) groups is 1. The van der Waals surface area contributed by atoms with Crippen molar-refractivity contribution in [3.05, 3.63) is 36.1 Å². The molecule has 6 nitrogen and oxygen atoms in total. The fraction of sp³-hybridized carbons (Fsp3) is 0.412. The second kappa shape index (κ2) is 6.49. The van der Waals surface area contributed by atoms with Crippen LogP contribution in [0, 0.1) is 0 Å². The Balaban J connectivity index is 1.37. The van der Waals surface area contributed by atoms with Crippen molar-refractivity contribution in [2.75, 3.05) is 7.11 Å². The van der Waals surface area contributed by atoms with Gasteiger partial charge in [0.1, 0.15) is 0 Å². The Morgan fingerprint density at radius 2 is 2.21 bits per heavy atom. The molecule has 4 rings (SSSR count). The number of nitrogens with zero attached hydrogens (tertiary/aromatic N) is 1. The Labute approximate surface area is 144 Å². The zero-order chi connectivity index (χ0) is 16.5. The van der Waals surface area contributed by atoms with Crippen LogP contribution in [0.3, 0.4) is 0 Å². The van der Waals surface area contributed by atoms with Crippen molar-refractivity contribution in [2.45, 2.75) is 47.5 Å². The zero-order valence-corrected chi connectivity index (χ0v) is 14.1. The van der Waals surface area contributed by atoms with E-state index in [-0.39, 0.29) is 11.9 Å². The minimum Gasteiger partial charge on any atom is -0.479 e.